The third kappa shape index (κ3) is 8.18. The van der Waals surface area contributed by atoms with Gasteiger partial charge >= 0.3 is 0 Å². The van der Waals surface area contributed by atoms with E-state index < -0.39 is 11.8 Å². The van der Waals surface area contributed by atoms with Crippen LogP contribution in [0.1, 0.15) is 46.3 Å². The SMILES string of the molecule is C=C(C)CC(C(N)=O)c1cc(C(=O)NCN2CCOCC2)c(OCc2ccccc2)cc1OCc1ccccc1. The average molecular weight is 544 g/mol. The number of benzene rings is 3. The Hall–Kier alpha value is -4.14. The van der Waals surface area contributed by atoms with Gasteiger partial charge in [0.2, 0.25) is 5.91 Å². The second kappa shape index (κ2) is 14.3. The molecule has 1 saturated heterocycles. The first-order chi connectivity index (χ1) is 19.4. The van der Waals surface area contributed by atoms with Gasteiger partial charge in [-0.05, 0) is 30.5 Å². The Labute approximate surface area is 235 Å². The van der Waals surface area contributed by atoms with Crippen molar-refractivity contribution in [2.24, 2.45) is 5.73 Å². The third-order valence-electron chi connectivity index (χ3n) is 6.67. The molecule has 1 aliphatic rings. The van der Waals surface area contributed by atoms with Crippen molar-refractivity contribution >= 4 is 11.8 Å². The number of rotatable bonds is 13. The molecule has 3 aromatic rings. The van der Waals surface area contributed by atoms with E-state index >= 15 is 0 Å². The summed E-state index contributed by atoms with van der Waals surface area (Å²) in [5, 5.41) is 3.00. The van der Waals surface area contributed by atoms with Crippen LogP contribution in [0.15, 0.2) is 84.9 Å². The van der Waals surface area contributed by atoms with E-state index in [0.717, 1.165) is 29.8 Å². The molecule has 0 saturated carbocycles. The van der Waals surface area contributed by atoms with Gasteiger partial charge in [-0.25, -0.2) is 0 Å². The molecule has 8 heteroatoms. The van der Waals surface area contributed by atoms with Gasteiger partial charge in [0.1, 0.15) is 24.7 Å². The van der Waals surface area contributed by atoms with Gasteiger partial charge in [-0.3, -0.25) is 14.5 Å². The quantitative estimate of drug-likeness (QED) is 0.310. The highest BCUT2D eigenvalue weighted by atomic mass is 16.5. The van der Waals surface area contributed by atoms with Crippen LogP contribution in [0, 0.1) is 0 Å². The molecule has 210 valence electrons. The molecule has 3 aromatic carbocycles. The summed E-state index contributed by atoms with van der Waals surface area (Å²) < 4.78 is 17.9. The zero-order valence-corrected chi connectivity index (χ0v) is 22.9. The number of allylic oxidation sites excluding steroid dienone is 1. The van der Waals surface area contributed by atoms with Gasteiger partial charge in [-0.1, -0.05) is 66.2 Å². The number of nitrogens with one attached hydrogen (secondary N) is 1. The first-order valence-corrected chi connectivity index (χ1v) is 13.4. The molecule has 0 bridgehead atoms. The fourth-order valence-corrected chi connectivity index (χ4v) is 4.49. The van der Waals surface area contributed by atoms with Crippen molar-refractivity contribution in [3.8, 4) is 11.5 Å². The minimum atomic E-state index is -0.725. The van der Waals surface area contributed by atoms with Crippen LogP contribution in [0.2, 0.25) is 0 Å². The monoisotopic (exact) mass is 543 g/mol. The largest absolute Gasteiger partial charge is 0.488 e. The summed E-state index contributed by atoms with van der Waals surface area (Å²) in [6.07, 6.45) is 0.329. The number of nitrogens with two attached hydrogens (primary N) is 1. The second-order valence-electron chi connectivity index (χ2n) is 9.95. The number of carbonyl (C=O) groups excluding carboxylic acids is 2. The summed E-state index contributed by atoms with van der Waals surface area (Å²) in [5.41, 5.74) is 9.40. The lowest BCUT2D eigenvalue weighted by Gasteiger charge is -2.27. The summed E-state index contributed by atoms with van der Waals surface area (Å²) >= 11 is 0. The van der Waals surface area contributed by atoms with Gasteiger partial charge in [0.05, 0.1) is 31.4 Å². The maximum atomic E-state index is 13.6. The first kappa shape index (κ1) is 28.9. The van der Waals surface area contributed by atoms with E-state index in [1.54, 1.807) is 12.1 Å². The topological polar surface area (TPSA) is 103 Å². The number of carbonyl (C=O) groups is 2. The van der Waals surface area contributed by atoms with Gasteiger partial charge in [0.15, 0.2) is 0 Å². The molecule has 3 N–H and O–H groups in total. The van der Waals surface area contributed by atoms with E-state index in [1.807, 2.05) is 67.6 Å². The van der Waals surface area contributed by atoms with Gasteiger partial charge in [0, 0.05) is 24.7 Å². The van der Waals surface area contributed by atoms with Crippen LogP contribution in [0.3, 0.4) is 0 Å². The van der Waals surface area contributed by atoms with Crippen molar-refractivity contribution in [2.45, 2.75) is 32.5 Å². The van der Waals surface area contributed by atoms with Gasteiger partial charge < -0.3 is 25.3 Å². The molecule has 2 amide bonds. The number of hydrogen-bond acceptors (Lipinski definition) is 6. The van der Waals surface area contributed by atoms with Crippen molar-refractivity contribution in [1.82, 2.24) is 10.2 Å². The predicted octanol–water partition coefficient (Wildman–Crippen LogP) is 4.40. The summed E-state index contributed by atoms with van der Waals surface area (Å²) in [6.45, 7) is 9.43. The lowest BCUT2D eigenvalue weighted by Crippen LogP contribution is -2.43. The molecule has 1 aliphatic heterocycles. The minimum Gasteiger partial charge on any atom is -0.488 e. The van der Waals surface area contributed by atoms with E-state index in [0.29, 0.717) is 48.9 Å². The normalized spacial score (nSPS) is 14.2. The highest BCUT2D eigenvalue weighted by Gasteiger charge is 2.27. The van der Waals surface area contributed by atoms with E-state index in [2.05, 4.69) is 16.8 Å². The average Bonchev–Trinajstić information content (AvgIpc) is 2.98. The zero-order valence-electron chi connectivity index (χ0n) is 22.9. The van der Waals surface area contributed by atoms with Gasteiger partial charge in [-0.15, -0.1) is 6.58 Å². The Morgan fingerprint density at radius 3 is 2.08 bits per heavy atom. The maximum Gasteiger partial charge on any atom is 0.256 e. The number of hydrogen-bond donors (Lipinski definition) is 2. The Kier molecular flexibility index (Phi) is 10.3. The molecule has 1 heterocycles. The molecule has 8 nitrogen and oxygen atoms in total. The fraction of sp³-hybridized carbons (Fsp3) is 0.312. The number of morpholine rings is 1. The van der Waals surface area contributed by atoms with E-state index in [4.69, 9.17) is 19.9 Å². The minimum absolute atomic E-state index is 0.257. The predicted molar refractivity (Wildman–Crippen MR) is 154 cm³/mol. The van der Waals surface area contributed by atoms with Crippen molar-refractivity contribution < 1.29 is 23.8 Å². The van der Waals surface area contributed by atoms with Crippen LogP contribution < -0.4 is 20.5 Å². The van der Waals surface area contributed by atoms with Crippen molar-refractivity contribution in [1.29, 1.82) is 0 Å². The molecular weight excluding hydrogens is 506 g/mol. The smallest absolute Gasteiger partial charge is 0.256 e. The Balaban J connectivity index is 1.70. The highest BCUT2D eigenvalue weighted by molar-refractivity contribution is 5.98. The first-order valence-electron chi connectivity index (χ1n) is 13.4. The molecular formula is C32H37N3O5. The zero-order chi connectivity index (χ0) is 28.3. The molecule has 1 unspecified atom stereocenters. The van der Waals surface area contributed by atoms with Crippen LogP contribution in [0.4, 0.5) is 0 Å². The molecule has 0 aromatic heterocycles. The third-order valence-corrected chi connectivity index (χ3v) is 6.67. The van der Waals surface area contributed by atoms with Crippen LogP contribution in [-0.2, 0) is 22.7 Å². The van der Waals surface area contributed by atoms with E-state index in [1.165, 1.54) is 0 Å². The Morgan fingerprint density at radius 1 is 0.950 bits per heavy atom. The Morgan fingerprint density at radius 2 is 1.52 bits per heavy atom. The van der Waals surface area contributed by atoms with E-state index in [9.17, 15) is 9.59 Å². The van der Waals surface area contributed by atoms with Crippen LogP contribution in [-0.4, -0.2) is 49.7 Å². The molecule has 0 aliphatic carbocycles. The van der Waals surface area contributed by atoms with Gasteiger partial charge in [0.25, 0.3) is 5.91 Å². The standard InChI is InChI=1S/C32H37N3O5/c1-23(2)17-27(31(33)36)26-18-28(32(37)34-22-35-13-15-38-16-14-35)30(40-21-25-11-7-4-8-12-25)19-29(26)39-20-24-9-5-3-6-10-24/h3-12,18-19,27H,1,13-17,20-22H2,2H3,(H2,33,36)(H,34,37). The number of amides is 2. The van der Waals surface area contributed by atoms with Crippen LogP contribution in [0.5, 0.6) is 11.5 Å². The number of ether oxygens (including phenoxy) is 3. The maximum absolute atomic E-state index is 13.6. The number of primary amides is 1. The van der Waals surface area contributed by atoms with Crippen LogP contribution in [0.25, 0.3) is 0 Å². The lowest BCUT2D eigenvalue weighted by molar-refractivity contribution is -0.119. The number of nitrogens with zero attached hydrogens (tertiary/aromatic N) is 1. The molecule has 0 radical (unpaired) electrons. The molecule has 40 heavy (non-hydrogen) atoms. The summed E-state index contributed by atoms with van der Waals surface area (Å²) in [6, 6.07) is 22.8. The Bertz CT molecular complexity index is 1290. The highest BCUT2D eigenvalue weighted by Crippen LogP contribution is 2.37. The van der Waals surface area contributed by atoms with Crippen molar-refractivity contribution in [2.75, 3.05) is 33.0 Å². The molecule has 1 atom stereocenters. The van der Waals surface area contributed by atoms with Crippen LogP contribution >= 0.6 is 0 Å². The van der Waals surface area contributed by atoms with Crippen molar-refractivity contribution in [3.05, 3.63) is 107 Å². The van der Waals surface area contributed by atoms with Gasteiger partial charge in [-0.2, -0.15) is 0 Å². The lowest BCUT2D eigenvalue weighted by atomic mass is 9.89. The second-order valence-corrected chi connectivity index (χ2v) is 9.95. The summed E-state index contributed by atoms with van der Waals surface area (Å²) in [7, 11) is 0. The fourth-order valence-electron chi connectivity index (χ4n) is 4.49. The summed E-state index contributed by atoms with van der Waals surface area (Å²) in [4.78, 5) is 28.3. The molecule has 4 rings (SSSR count). The molecule has 1 fully saturated rings. The molecule has 0 spiro atoms. The van der Waals surface area contributed by atoms with E-state index in [-0.39, 0.29) is 19.1 Å². The van der Waals surface area contributed by atoms with Crippen molar-refractivity contribution in [3.63, 3.8) is 0 Å². The summed E-state index contributed by atoms with van der Waals surface area (Å²) in [5.74, 6) is -0.776.